The molecule has 0 radical (unpaired) electrons. The summed E-state index contributed by atoms with van der Waals surface area (Å²) >= 11 is 0. The Bertz CT molecular complexity index is 885. The van der Waals surface area contributed by atoms with Crippen molar-refractivity contribution in [3.05, 3.63) is 85.6 Å². The molecule has 2 heterocycles. The fourth-order valence-electron chi connectivity index (χ4n) is 2.76. The number of pyridine rings is 1. The van der Waals surface area contributed by atoms with Gasteiger partial charge in [0.2, 0.25) is 0 Å². The van der Waals surface area contributed by atoms with Crippen LogP contribution in [-0.4, -0.2) is 27.0 Å². The van der Waals surface area contributed by atoms with Crippen LogP contribution in [0.4, 0.5) is 11.4 Å². The first-order valence-corrected chi connectivity index (χ1v) is 8.29. The first-order chi connectivity index (χ1) is 12.8. The summed E-state index contributed by atoms with van der Waals surface area (Å²) in [5, 5.41) is 0. The summed E-state index contributed by atoms with van der Waals surface area (Å²) in [6.07, 6.45) is 4.82. The Morgan fingerprint density at radius 1 is 0.654 bits per heavy atom. The van der Waals surface area contributed by atoms with Crippen molar-refractivity contribution in [3.63, 3.8) is 0 Å². The molecule has 4 rings (SSSR count). The molecular weight excluding hydrogens is 322 g/mol. The van der Waals surface area contributed by atoms with Crippen LogP contribution in [0.25, 0.3) is 22.6 Å². The number of hydrogen-bond acceptors (Lipinski definition) is 5. The number of nitrogens with zero attached hydrogens (tertiary/aromatic N) is 5. The van der Waals surface area contributed by atoms with Crippen LogP contribution >= 0.6 is 0 Å². The molecule has 0 N–H and O–H groups in total. The molecule has 0 saturated carbocycles. The molecule has 0 amide bonds. The normalized spacial score (nSPS) is 10.5. The molecule has 0 aliphatic heterocycles. The first-order valence-electron chi connectivity index (χ1n) is 8.29. The molecule has 0 atom stereocenters. The topological polar surface area (TPSA) is 54.8 Å². The SMILES string of the molecule is CN(c1ccc(-c2ccccn2)cc1)c1ccc(-c2ncncn2)cc1. The van der Waals surface area contributed by atoms with Gasteiger partial charge in [0.05, 0.1) is 5.69 Å². The predicted octanol–water partition coefficient (Wildman–Crippen LogP) is 4.37. The number of aromatic nitrogens is 4. The summed E-state index contributed by atoms with van der Waals surface area (Å²) in [7, 11) is 2.05. The van der Waals surface area contributed by atoms with Crippen molar-refractivity contribution in [2.75, 3.05) is 11.9 Å². The quantitative estimate of drug-likeness (QED) is 0.553. The van der Waals surface area contributed by atoms with Crippen LogP contribution in [0.3, 0.4) is 0 Å². The van der Waals surface area contributed by atoms with E-state index in [-0.39, 0.29) is 0 Å². The average Bonchev–Trinajstić information content (AvgIpc) is 2.75. The number of benzene rings is 2. The van der Waals surface area contributed by atoms with E-state index in [1.54, 1.807) is 0 Å². The van der Waals surface area contributed by atoms with E-state index in [4.69, 9.17) is 0 Å². The molecule has 0 aliphatic carbocycles. The van der Waals surface area contributed by atoms with Crippen molar-refractivity contribution in [2.45, 2.75) is 0 Å². The van der Waals surface area contributed by atoms with Gasteiger partial charge in [-0.05, 0) is 48.5 Å². The second-order valence-electron chi connectivity index (χ2n) is 5.83. The van der Waals surface area contributed by atoms with Gasteiger partial charge in [-0.2, -0.15) is 0 Å². The highest BCUT2D eigenvalue weighted by molar-refractivity contribution is 5.69. The van der Waals surface area contributed by atoms with Gasteiger partial charge < -0.3 is 4.90 Å². The van der Waals surface area contributed by atoms with Crippen LogP contribution in [0, 0.1) is 0 Å². The lowest BCUT2D eigenvalue weighted by Gasteiger charge is -2.20. The Kier molecular flexibility index (Phi) is 4.35. The van der Waals surface area contributed by atoms with E-state index in [1.807, 2.05) is 43.6 Å². The highest BCUT2D eigenvalue weighted by Gasteiger charge is 2.06. The third-order valence-corrected chi connectivity index (χ3v) is 4.22. The second kappa shape index (κ2) is 7.11. The molecule has 0 saturated heterocycles. The van der Waals surface area contributed by atoms with Gasteiger partial charge in [-0.3, -0.25) is 4.98 Å². The van der Waals surface area contributed by atoms with Gasteiger partial charge in [-0.15, -0.1) is 0 Å². The molecule has 26 heavy (non-hydrogen) atoms. The molecule has 4 aromatic rings. The Morgan fingerprint density at radius 2 is 1.27 bits per heavy atom. The first kappa shape index (κ1) is 15.9. The van der Waals surface area contributed by atoms with Gasteiger partial charge in [-0.25, -0.2) is 15.0 Å². The molecule has 0 aliphatic rings. The highest BCUT2D eigenvalue weighted by atomic mass is 15.1. The van der Waals surface area contributed by atoms with E-state index in [9.17, 15) is 0 Å². The number of hydrogen-bond donors (Lipinski definition) is 0. The zero-order chi connectivity index (χ0) is 17.8. The predicted molar refractivity (Wildman–Crippen MR) is 103 cm³/mol. The lowest BCUT2D eigenvalue weighted by molar-refractivity contribution is 1.06. The second-order valence-corrected chi connectivity index (χ2v) is 5.83. The number of anilines is 2. The van der Waals surface area contributed by atoms with Gasteiger partial charge >= 0.3 is 0 Å². The minimum absolute atomic E-state index is 0.675. The summed E-state index contributed by atoms with van der Waals surface area (Å²) in [6.45, 7) is 0. The fraction of sp³-hybridized carbons (Fsp3) is 0.0476. The maximum absolute atomic E-state index is 4.39. The zero-order valence-electron chi connectivity index (χ0n) is 14.3. The van der Waals surface area contributed by atoms with E-state index >= 15 is 0 Å². The Labute approximate surface area is 152 Å². The minimum atomic E-state index is 0.675. The van der Waals surface area contributed by atoms with Crippen LogP contribution in [0.15, 0.2) is 85.6 Å². The lowest BCUT2D eigenvalue weighted by Crippen LogP contribution is -2.09. The molecule has 126 valence electrons. The van der Waals surface area contributed by atoms with E-state index in [0.29, 0.717) is 5.82 Å². The minimum Gasteiger partial charge on any atom is -0.345 e. The highest BCUT2D eigenvalue weighted by Crippen LogP contribution is 2.27. The third-order valence-electron chi connectivity index (χ3n) is 4.22. The van der Waals surface area contributed by atoms with Crippen molar-refractivity contribution in [3.8, 4) is 22.6 Å². The van der Waals surface area contributed by atoms with Crippen LogP contribution in [0.2, 0.25) is 0 Å². The Morgan fingerprint density at radius 3 is 1.85 bits per heavy atom. The molecule has 0 fully saturated rings. The van der Waals surface area contributed by atoms with Crippen molar-refractivity contribution < 1.29 is 0 Å². The van der Waals surface area contributed by atoms with E-state index in [1.165, 1.54) is 12.7 Å². The molecule has 2 aromatic carbocycles. The smallest absolute Gasteiger partial charge is 0.162 e. The van der Waals surface area contributed by atoms with E-state index < -0.39 is 0 Å². The molecule has 2 aromatic heterocycles. The summed E-state index contributed by atoms with van der Waals surface area (Å²) in [5.74, 6) is 0.675. The molecule has 0 unspecified atom stereocenters. The molecule has 5 heteroatoms. The number of rotatable bonds is 4. The monoisotopic (exact) mass is 339 g/mol. The van der Waals surface area contributed by atoms with Crippen LogP contribution in [0.5, 0.6) is 0 Å². The molecule has 0 bridgehead atoms. The van der Waals surface area contributed by atoms with Crippen LogP contribution in [0.1, 0.15) is 0 Å². The van der Waals surface area contributed by atoms with Gasteiger partial charge in [-0.1, -0.05) is 18.2 Å². The summed E-state index contributed by atoms with van der Waals surface area (Å²) in [4.78, 5) is 18.7. The average molecular weight is 339 g/mol. The molecule has 5 nitrogen and oxygen atoms in total. The van der Waals surface area contributed by atoms with Gasteiger partial charge in [0.25, 0.3) is 0 Å². The Hall–Kier alpha value is -3.60. The summed E-state index contributed by atoms with van der Waals surface area (Å²) in [5.41, 5.74) is 5.25. The Balaban J connectivity index is 1.55. The largest absolute Gasteiger partial charge is 0.345 e. The van der Waals surface area contributed by atoms with Crippen molar-refractivity contribution in [2.24, 2.45) is 0 Å². The third kappa shape index (κ3) is 3.28. The van der Waals surface area contributed by atoms with Crippen molar-refractivity contribution in [1.82, 2.24) is 19.9 Å². The van der Waals surface area contributed by atoms with Crippen molar-refractivity contribution in [1.29, 1.82) is 0 Å². The van der Waals surface area contributed by atoms with E-state index in [2.05, 4.69) is 61.2 Å². The molecular formula is C21H17N5. The van der Waals surface area contributed by atoms with Crippen LogP contribution in [-0.2, 0) is 0 Å². The van der Waals surface area contributed by atoms with Gasteiger partial charge in [0.15, 0.2) is 5.82 Å². The van der Waals surface area contributed by atoms with Gasteiger partial charge in [0, 0.05) is 35.7 Å². The maximum Gasteiger partial charge on any atom is 0.162 e. The van der Waals surface area contributed by atoms with Gasteiger partial charge in [0.1, 0.15) is 12.7 Å². The molecule has 0 spiro atoms. The zero-order valence-corrected chi connectivity index (χ0v) is 14.3. The standard InChI is InChI=1S/C21H17N5/c1-26(18-9-5-16(6-10-18)20-4-2-3-13-23-20)19-11-7-17(8-12-19)21-24-14-22-15-25-21/h2-15H,1H3. The summed E-state index contributed by atoms with van der Waals surface area (Å²) in [6, 6.07) is 22.5. The maximum atomic E-state index is 4.39. The fourth-order valence-corrected chi connectivity index (χ4v) is 2.76. The van der Waals surface area contributed by atoms with Crippen molar-refractivity contribution >= 4 is 11.4 Å². The summed E-state index contributed by atoms with van der Waals surface area (Å²) < 4.78 is 0. The van der Waals surface area contributed by atoms with Crippen LogP contribution < -0.4 is 4.90 Å². The van der Waals surface area contributed by atoms with E-state index in [0.717, 1.165) is 28.2 Å². The lowest BCUT2D eigenvalue weighted by atomic mass is 10.1.